The Hall–Kier alpha value is -0.130. The minimum atomic E-state index is -2.78. The molecular weight excluding hydrogens is 250 g/mol. The van der Waals surface area contributed by atoms with E-state index in [1.165, 1.54) is 0 Å². The van der Waals surface area contributed by atoms with Crippen LogP contribution in [0.15, 0.2) is 0 Å². The molecule has 2 atom stereocenters. The number of sulfone groups is 1. The summed E-state index contributed by atoms with van der Waals surface area (Å²) in [6, 6.07) is 0. The first-order chi connectivity index (χ1) is 8.44. The van der Waals surface area contributed by atoms with Crippen LogP contribution in [0.25, 0.3) is 0 Å². The second kappa shape index (κ2) is 7.46. The average molecular weight is 277 g/mol. The van der Waals surface area contributed by atoms with Crippen molar-refractivity contribution in [2.24, 2.45) is 11.8 Å². The maximum atomic E-state index is 11.5. The average Bonchev–Trinajstić information content (AvgIpc) is 2.63. The predicted molar refractivity (Wildman–Crippen MR) is 74.5 cm³/mol. The Morgan fingerprint density at radius 3 is 2.61 bits per heavy atom. The molecule has 0 spiro atoms. The topological polar surface area (TPSA) is 55.4 Å². The van der Waals surface area contributed by atoms with Crippen LogP contribution in [-0.4, -0.2) is 45.7 Å². The quantitative estimate of drug-likeness (QED) is 0.730. The van der Waals surface area contributed by atoms with E-state index < -0.39 is 9.84 Å². The molecule has 5 heteroatoms. The Balaban J connectivity index is 2.45. The second-order valence-electron chi connectivity index (χ2n) is 5.44. The van der Waals surface area contributed by atoms with Crippen LogP contribution in [0.5, 0.6) is 0 Å². The first-order valence-corrected chi connectivity index (χ1v) is 8.79. The van der Waals surface area contributed by atoms with E-state index in [2.05, 4.69) is 12.2 Å². The van der Waals surface area contributed by atoms with Crippen molar-refractivity contribution < 1.29 is 13.2 Å². The fourth-order valence-electron chi connectivity index (χ4n) is 2.48. The lowest BCUT2D eigenvalue weighted by molar-refractivity contribution is 0.0634. The van der Waals surface area contributed by atoms with E-state index in [1.54, 1.807) is 0 Å². The number of hydrogen-bond acceptors (Lipinski definition) is 4. The van der Waals surface area contributed by atoms with E-state index >= 15 is 0 Å². The summed E-state index contributed by atoms with van der Waals surface area (Å²) in [6.45, 7) is 8.69. The van der Waals surface area contributed by atoms with Crippen LogP contribution >= 0.6 is 0 Å². The van der Waals surface area contributed by atoms with E-state index in [9.17, 15) is 8.42 Å². The predicted octanol–water partition coefficient (Wildman–Crippen LogP) is 1.46. The highest BCUT2D eigenvalue weighted by atomic mass is 32.2. The number of hydrogen-bond donors (Lipinski definition) is 1. The molecule has 1 aliphatic rings. The van der Waals surface area contributed by atoms with Gasteiger partial charge in [0.15, 0.2) is 9.84 Å². The van der Waals surface area contributed by atoms with Gasteiger partial charge in [-0.15, -0.1) is 0 Å². The Labute approximate surface area is 111 Å². The molecule has 0 aromatic heterocycles. The molecule has 2 unspecified atom stereocenters. The van der Waals surface area contributed by atoms with Crippen LogP contribution in [0.2, 0.25) is 0 Å². The summed E-state index contributed by atoms with van der Waals surface area (Å²) >= 11 is 0. The van der Waals surface area contributed by atoms with Gasteiger partial charge in [0.25, 0.3) is 0 Å². The third kappa shape index (κ3) is 5.67. The fraction of sp³-hybridized carbons (Fsp3) is 1.00. The van der Waals surface area contributed by atoms with Crippen molar-refractivity contribution in [3.8, 4) is 0 Å². The van der Waals surface area contributed by atoms with Gasteiger partial charge in [0.1, 0.15) is 0 Å². The van der Waals surface area contributed by atoms with Crippen LogP contribution in [0, 0.1) is 11.8 Å². The zero-order chi connectivity index (χ0) is 13.6. The maximum Gasteiger partial charge on any atom is 0.150 e. The van der Waals surface area contributed by atoms with Crippen LogP contribution in [0.3, 0.4) is 0 Å². The van der Waals surface area contributed by atoms with E-state index in [0.29, 0.717) is 23.3 Å². The first kappa shape index (κ1) is 15.9. The van der Waals surface area contributed by atoms with Gasteiger partial charge < -0.3 is 10.1 Å². The van der Waals surface area contributed by atoms with Gasteiger partial charge in [-0.2, -0.15) is 0 Å². The lowest BCUT2D eigenvalue weighted by Crippen LogP contribution is -2.30. The summed E-state index contributed by atoms with van der Waals surface area (Å²) in [7, 11) is -2.78. The van der Waals surface area contributed by atoms with Gasteiger partial charge in [0.2, 0.25) is 0 Å². The van der Waals surface area contributed by atoms with E-state index in [4.69, 9.17) is 4.74 Å². The molecule has 0 bridgehead atoms. The molecule has 0 aliphatic carbocycles. The molecule has 1 saturated heterocycles. The van der Waals surface area contributed by atoms with Gasteiger partial charge >= 0.3 is 0 Å². The van der Waals surface area contributed by atoms with Crippen LogP contribution in [-0.2, 0) is 14.6 Å². The van der Waals surface area contributed by atoms with Gasteiger partial charge in [-0.05, 0) is 51.6 Å². The smallest absolute Gasteiger partial charge is 0.150 e. The summed E-state index contributed by atoms with van der Waals surface area (Å²) in [5, 5.41) is 3.34. The molecule has 18 heavy (non-hydrogen) atoms. The van der Waals surface area contributed by atoms with Crippen molar-refractivity contribution in [1.82, 2.24) is 5.32 Å². The summed E-state index contributed by atoms with van der Waals surface area (Å²) < 4.78 is 28.7. The molecule has 0 saturated carbocycles. The van der Waals surface area contributed by atoms with Gasteiger partial charge in [-0.3, -0.25) is 0 Å². The standard InChI is InChI=1S/C13H27NO3S/c1-4-14-9-12(5-7-17-11(2)3)13-6-8-18(15,16)10-13/h11-14H,4-10H2,1-3H3. The van der Waals surface area contributed by atoms with Crippen molar-refractivity contribution in [3.63, 3.8) is 0 Å². The molecular formula is C13H27NO3S. The number of ether oxygens (including phenoxy) is 1. The third-order valence-electron chi connectivity index (χ3n) is 3.53. The number of rotatable bonds is 8. The highest BCUT2D eigenvalue weighted by Gasteiger charge is 2.33. The largest absolute Gasteiger partial charge is 0.379 e. The highest BCUT2D eigenvalue weighted by molar-refractivity contribution is 7.91. The molecule has 1 rings (SSSR count). The van der Waals surface area contributed by atoms with Crippen molar-refractivity contribution in [3.05, 3.63) is 0 Å². The molecule has 108 valence electrons. The van der Waals surface area contributed by atoms with Crippen molar-refractivity contribution in [1.29, 1.82) is 0 Å². The minimum absolute atomic E-state index is 0.247. The summed E-state index contributed by atoms with van der Waals surface area (Å²) in [5.41, 5.74) is 0. The van der Waals surface area contributed by atoms with E-state index in [-0.39, 0.29) is 6.10 Å². The molecule has 0 aromatic rings. The zero-order valence-electron chi connectivity index (χ0n) is 11.8. The highest BCUT2D eigenvalue weighted by Crippen LogP contribution is 2.28. The fourth-order valence-corrected chi connectivity index (χ4v) is 4.40. The van der Waals surface area contributed by atoms with Crippen LogP contribution in [0.4, 0.5) is 0 Å². The van der Waals surface area contributed by atoms with Crippen LogP contribution < -0.4 is 5.32 Å². The summed E-state index contributed by atoms with van der Waals surface area (Å²) in [4.78, 5) is 0. The normalized spacial score (nSPS) is 24.6. The van der Waals surface area contributed by atoms with E-state index in [1.807, 2.05) is 13.8 Å². The molecule has 1 heterocycles. The molecule has 1 aliphatic heterocycles. The zero-order valence-corrected chi connectivity index (χ0v) is 12.6. The van der Waals surface area contributed by atoms with Crippen LogP contribution in [0.1, 0.15) is 33.6 Å². The van der Waals surface area contributed by atoms with Crippen molar-refractivity contribution >= 4 is 9.84 Å². The molecule has 1 fully saturated rings. The van der Waals surface area contributed by atoms with Gasteiger partial charge in [0, 0.05) is 6.61 Å². The van der Waals surface area contributed by atoms with Crippen molar-refractivity contribution in [2.75, 3.05) is 31.2 Å². The SMILES string of the molecule is CCNCC(CCOC(C)C)C1CCS(=O)(=O)C1. The third-order valence-corrected chi connectivity index (χ3v) is 5.32. The maximum absolute atomic E-state index is 11.5. The molecule has 0 aromatic carbocycles. The minimum Gasteiger partial charge on any atom is -0.379 e. The lowest BCUT2D eigenvalue weighted by atomic mass is 9.89. The van der Waals surface area contributed by atoms with Gasteiger partial charge in [-0.1, -0.05) is 6.92 Å². The molecule has 1 N–H and O–H groups in total. The molecule has 0 radical (unpaired) electrons. The first-order valence-electron chi connectivity index (χ1n) is 6.97. The van der Waals surface area contributed by atoms with Gasteiger partial charge in [0.05, 0.1) is 17.6 Å². The Bertz CT molecular complexity index is 327. The lowest BCUT2D eigenvalue weighted by Gasteiger charge is -2.23. The van der Waals surface area contributed by atoms with E-state index in [0.717, 1.165) is 32.5 Å². The Morgan fingerprint density at radius 1 is 1.39 bits per heavy atom. The van der Waals surface area contributed by atoms with Crippen molar-refractivity contribution in [2.45, 2.75) is 39.7 Å². The summed E-state index contributed by atoms with van der Waals surface area (Å²) in [5.74, 6) is 1.46. The molecule has 4 nitrogen and oxygen atoms in total. The Morgan fingerprint density at radius 2 is 2.11 bits per heavy atom. The monoisotopic (exact) mass is 277 g/mol. The summed E-state index contributed by atoms with van der Waals surface area (Å²) in [6.07, 6.45) is 2.02. The molecule has 0 amide bonds. The second-order valence-corrected chi connectivity index (χ2v) is 7.67. The number of nitrogens with one attached hydrogen (secondary N) is 1. The Kier molecular flexibility index (Phi) is 6.60. The van der Waals surface area contributed by atoms with Gasteiger partial charge in [-0.25, -0.2) is 8.42 Å².